The van der Waals surface area contributed by atoms with Crippen molar-refractivity contribution in [2.24, 2.45) is 11.7 Å². The van der Waals surface area contributed by atoms with Crippen molar-refractivity contribution in [1.82, 2.24) is 4.90 Å². The molecule has 3 nitrogen and oxygen atoms in total. The highest BCUT2D eigenvalue weighted by molar-refractivity contribution is 7.10. The van der Waals surface area contributed by atoms with Crippen molar-refractivity contribution in [2.45, 2.75) is 11.8 Å². The van der Waals surface area contributed by atoms with E-state index in [-0.39, 0.29) is 37.3 Å². The summed E-state index contributed by atoms with van der Waals surface area (Å²) in [5.41, 5.74) is 5.27. The second-order valence-corrected chi connectivity index (χ2v) is 5.60. The minimum Gasteiger partial charge on any atom is -0.330 e. The third-order valence-electron chi connectivity index (χ3n) is 3.58. The zero-order valence-corrected chi connectivity index (χ0v) is 12.7. The van der Waals surface area contributed by atoms with Gasteiger partial charge in [-0.3, -0.25) is 4.79 Å². The highest BCUT2D eigenvalue weighted by Gasteiger charge is 2.62. The molecule has 0 radical (unpaired) electrons. The maximum atomic E-state index is 12.8. The van der Waals surface area contributed by atoms with Gasteiger partial charge in [-0.2, -0.15) is 0 Å². The molecule has 2 atom stereocenters. The Hall–Kier alpha value is -1.46. The number of carbonyl (C=O) groups excluding carboxylic acids is 1. The molecule has 5 heteroatoms. The van der Waals surface area contributed by atoms with Crippen LogP contribution in [-0.4, -0.2) is 30.4 Å². The van der Waals surface area contributed by atoms with E-state index < -0.39 is 5.41 Å². The molecule has 1 aliphatic rings. The number of hydrogen-bond acceptors (Lipinski definition) is 3. The average Bonchev–Trinajstić information content (AvgIpc) is 2.90. The molecule has 0 saturated heterocycles. The smallest absolute Gasteiger partial charge is 0.235 e. The molecule has 1 fully saturated rings. The number of rotatable bonds is 5. The number of thiophene rings is 1. The van der Waals surface area contributed by atoms with Gasteiger partial charge in [0.05, 0.1) is 18.5 Å². The predicted molar refractivity (Wildman–Crippen MR) is 84.7 cm³/mol. The molecule has 0 aromatic carbocycles. The number of carbonyl (C=O) groups is 1. The maximum absolute atomic E-state index is 12.8. The Morgan fingerprint density at radius 1 is 1.50 bits per heavy atom. The van der Waals surface area contributed by atoms with Gasteiger partial charge in [-0.25, -0.2) is 0 Å². The summed E-state index contributed by atoms with van der Waals surface area (Å²) in [5, 5.41) is 1.98. The minimum absolute atomic E-state index is 0. The summed E-state index contributed by atoms with van der Waals surface area (Å²) in [7, 11) is 0. The minimum atomic E-state index is -0.489. The van der Waals surface area contributed by atoms with Crippen LogP contribution in [0.15, 0.2) is 17.5 Å². The molecule has 1 aromatic heterocycles. The van der Waals surface area contributed by atoms with Crippen LogP contribution in [0.3, 0.4) is 0 Å². The average molecular weight is 309 g/mol. The Balaban J connectivity index is 0.00000200. The van der Waals surface area contributed by atoms with Crippen LogP contribution in [0.1, 0.15) is 11.3 Å². The van der Waals surface area contributed by atoms with E-state index in [0.717, 1.165) is 11.3 Å². The van der Waals surface area contributed by atoms with E-state index in [1.807, 2.05) is 17.5 Å². The van der Waals surface area contributed by atoms with Gasteiger partial charge in [0.25, 0.3) is 0 Å². The van der Waals surface area contributed by atoms with Gasteiger partial charge in [0.1, 0.15) is 0 Å². The van der Waals surface area contributed by atoms with Crippen molar-refractivity contribution < 1.29 is 4.79 Å². The van der Waals surface area contributed by atoms with E-state index in [2.05, 4.69) is 11.8 Å². The monoisotopic (exact) mass is 308 g/mol. The Morgan fingerprint density at radius 2 is 2.15 bits per heavy atom. The summed E-state index contributed by atoms with van der Waals surface area (Å²) < 4.78 is 0. The molecule has 2 N–H and O–H groups in total. The second kappa shape index (κ2) is 6.81. The van der Waals surface area contributed by atoms with Gasteiger partial charge < -0.3 is 10.6 Å². The molecular formula is C15H17ClN2OS. The van der Waals surface area contributed by atoms with Crippen LogP contribution in [-0.2, 0) is 10.2 Å². The normalized spacial score (nSPS) is 23.1. The van der Waals surface area contributed by atoms with E-state index in [1.165, 1.54) is 0 Å². The second-order valence-electron chi connectivity index (χ2n) is 4.65. The van der Waals surface area contributed by atoms with Gasteiger partial charge >= 0.3 is 0 Å². The third-order valence-corrected chi connectivity index (χ3v) is 4.63. The van der Waals surface area contributed by atoms with Gasteiger partial charge in [0.2, 0.25) is 5.91 Å². The molecule has 0 bridgehead atoms. The summed E-state index contributed by atoms with van der Waals surface area (Å²) >= 11 is 1.59. The lowest BCUT2D eigenvalue weighted by Gasteiger charge is -2.24. The van der Waals surface area contributed by atoms with Gasteiger partial charge in [-0.05, 0) is 30.3 Å². The van der Waals surface area contributed by atoms with Crippen LogP contribution >= 0.6 is 23.7 Å². The Labute approximate surface area is 129 Å². The molecule has 0 spiro atoms. The van der Waals surface area contributed by atoms with E-state index in [1.54, 1.807) is 16.2 Å². The fourth-order valence-corrected chi connectivity index (χ4v) is 3.53. The SMILES string of the molecule is C#CCN(CC#C)C(=O)[C@@]1(c2cccs2)C[C@H]1CN.Cl. The van der Waals surface area contributed by atoms with Crippen LogP contribution < -0.4 is 5.73 Å². The van der Waals surface area contributed by atoms with Gasteiger partial charge in [0.15, 0.2) is 0 Å². The third kappa shape index (κ3) is 2.69. The van der Waals surface area contributed by atoms with Crippen molar-refractivity contribution in [3.8, 4) is 24.7 Å². The number of halogens is 1. The van der Waals surface area contributed by atoms with Crippen LogP contribution in [0.5, 0.6) is 0 Å². The zero-order valence-electron chi connectivity index (χ0n) is 11.0. The van der Waals surface area contributed by atoms with Gasteiger partial charge in [-0.1, -0.05) is 17.9 Å². The summed E-state index contributed by atoms with van der Waals surface area (Å²) in [6, 6.07) is 3.94. The van der Waals surface area contributed by atoms with Crippen LogP contribution in [0, 0.1) is 30.6 Å². The fourth-order valence-electron chi connectivity index (χ4n) is 2.52. The molecule has 0 unspecified atom stereocenters. The van der Waals surface area contributed by atoms with Crippen LogP contribution in [0.4, 0.5) is 0 Å². The molecule has 20 heavy (non-hydrogen) atoms. The molecule has 0 aliphatic heterocycles. The predicted octanol–water partition coefficient (Wildman–Crippen LogP) is 1.48. The first-order valence-electron chi connectivity index (χ1n) is 6.11. The molecule has 2 rings (SSSR count). The van der Waals surface area contributed by atoms with Crippen LogP contribution in [0.25, 0.3) is 0 Å². The first kappa shape index (κ1) is 16.6. The van der Waals surface area contributed by atoms with Crippen molar-refractivity contribution >= 4 is 29.7 Å². The highest BCUT2D eigenvalue weighted by atomic mass is 35.5. The molecule has 1 saturated carbocycles. The van der Waals surface area contributed by atoms with E-state index in [4.69, 9.17) is 18.6 Å². The van der Waals surface area contributed by atoms with Crippen molar-refractivity contribution in [2.75, 3.05) is 19.6 Å². The fraction of sp³-hybridized carbons (Fsp3) is 0.400. The lowest BCUT2D eigenvalue weighted by molar-refractivity contribution is -0.133. The Kier molecular flexibility index (Phi) is 5.65. The lowest BCUT2D eigenvalue weighted by atomic mass is 9.99. The lowest BCUT2D eigenvalue weighted by Crippen LogP contribution is -2.41. The number of terminal acetylenes is 2. The van der Waals surface area contributed by atoms with E-state index >= 15 is 0 Å². The van der Waals surface area contributed by atoms with Gasteiger partial charge in [-0.15, -0.1) is 36.6 Å². The molecule has 1 aromatic rings. The first-order chi connectivity index (χ1) is 9.20. The number of nitrogens with two attached hydrogens (primary N) is 1. The van der Waals surface area contributed by atoms with Crippen molar-refractivity contribution in [3.63, 3.8) is 0 Å². The van der Waals surface area contributed by atoms with Crippen LogP contribution in [0.2, 0.25) is 0 Å². The van der Waals surface area contributed by atoms with E-state index in [9.17, 15) is 4.79 Å². The standard InChI is InChI=1S/C15H16N2OS.ClH/c1-3-7-17(8-4-2)14(18)15(10-12(15)11-16)13-6-5-9-19-13;/h1-2,5-6,9,12H,7-8,10-11,16H2;1H/t12-,15-;/m0./s1. The highest BCUT2D eigenvalue weighted by Crippen LogP contribution is 2.56. The quantitative estimate of drug-likeness (QED) is 0.838. The van der Waals surface area contributed by atoms with E-state index in [0.29, 0.717) is 6.54 Å². The topological polar surface area (TPSA) is 46.3 Å². The summed E-state index contributed by atoms with van der Waals surface area (Å²) in [4.78, 5) is 15.4. The largest absolute Gasteiger partial charge is 0.330 e. The van der Waals surface area contributed by atoms with Crippen molar-refractivity contribution in [3.05, 3.63) is 22.4 Å². The molecule has 1 heterocycles. The summed E-state index contributed by atoms with van der Waals surface area (Å²) in [6.45, 7) is 0.991. The zero-order chi connectivity index (χ0) is 13.9. The Morgan fingerprint density at radius 3 is 2.55 bits per heavy atom. The first-order valence-corrected chi connectivity index (χ1v) is 6.99. The molecule has 106 valence electrons. The van der Waals surface area contributed by atoms with Gasteiger partial charge in [0, 0.05) is 4.88 Å². The summed E-state index contributed by atoms with van der Waals surface area (Å²) in [6.07, 6.45) is 11.4. The number of hydrogen-bond donors (Lipinski definition) is 1. The maximum Gasteiger partial charge on any atom is 0.235 e. The molecular weight excluding hydrogens is 292 g/mol. The Bertz CT molecular complexity index is 527. The number of amides is 1. The molecule has 1 amide bonds. The van der Waals surface area contributed by atoms with Crippen molar-refractivity contribution in [1.29, 1.82) is 0 Å². The summed E-state index contributed by atoms with van der Waals surface area (Å²) in [5.74, 6) is 5.19. The number of nitrogens with zero attached hydrogens (tertiary/aromatic N) is 1. The molecule has 1 aliphatic carbocycles.